The third-order valence-electron chi connectivity index (χ3n) is 6.07. The van der Waals surface area contributed by atoms with E-state index in [9.17, 15) is 22.8 Å². The summed E-state index contributed by atoms with van der Waals surface area (Å²) in [5.41, 5.74) is 1.23. The number of nitrogens with one attached hydrogen (secondary N) is 2. The van der Waals surface area contributed by atoms with Gasteiger partial charge in [-0.3, -0.25) is 4.79 Å². The Morgan fingerprint density at radius 2 is 1.71 bits per heavy atom. The fourth-order valence-electron chi connectivity index (χ4n) is 4.27. The zero-order valence-electron chi connectivity index (χ0n) is 18.8. The average molecular weight is 476 g/mol. The highest BCUT2D eigenvalue weighted by Gasteiger charge is 2.32. The molecule has 2 aromatic carbocycles. The van der Waals surface area contributed by atoms with E-state index in [4.69, 9.17) is 4.74 Å². The molecule has 4 rings (SSSR count). The molecule has 34 heavy (non-hydrogen) atoms. The fraction of sp³-hybridized carbons (Fsp3) is 0.417. The van der Waals surface area contributed by atoms with E-state index in [-0.39, 0.29) is 17.6 Å². The van der Waals surface area contributed by atoms with Crippen LogP contribution in [0.3, 0.4) is 0 Å². The molecule has 2 atom stereocenters. The topological polar surface area (TPSA) is 73.9 Å². The lowest BCUT2D eigenvalue weighted by molar-refractivity contribution is -0.137. The number of amides is 3. The lowest BCUT2D eigenvalue weighted by atomic mass is 10.0. The van der Waals surface area contributed by atoms with Crippen molar-refractivity contribution in [2.24, 2.45) is 0 Å². The number of alkyl halides is 3. The first-order valence-corrected chi connectivity index (χ1v) is 11.2. The predicted octanol–water partition coefficient (Wildman–Crippen LogP) is 4.25. The van der Waals surface area contributed by atoms with Crippen molar-refractivity contribution in [2.45, 2.75) is 38.0 Å². The second kappa shape index (κ2) is 9.92. The van der Waals surface area contributed by atoms with Crippen LogP contribution in [0.5, 0.6) is 0 Å². The van der Waals surface area contributed by atoms with Gasteiger partial charge in [-0.2, -0.15) is 13.2 Å². The Morgan fingerprint density at radius 3 is 2.35 bits per heavy atom. The molecule has 2 aliphatic rings. The summed E-state index contributed by atoms with van der Waals surface area (Å²) in [5.74, 6) is -0.221. The van der Waals surface area contributed by atoms with E-state index in [0.717, 1.165) is 30.1 Å². The Kier molecular flexibility index (Phi) is 6.97. The fourth-order valence-corrected chi connectivity index (χ4v) is 4.27. The van der Waals surface area contributed by atoms with Crippen molar-refractivity contribution in [3.63, 3.8) is 0 Å². The number of carbonyl (C=O) groups excluding carboxylic acids is 2. The van der Waals surface area contributed by atoms with E-state index in [0.29, 0.717) is 32.6 Å². The van der Waals surface area contributed by atoms with Crippen LogP contribution in [0.1, 0.15) is 25.3 Å². The van der Waals surface area contributed by atoms with E-state index in [1.165, 1.54) is 12.1 Å². The Hall–Kier alpha value is -3.27. The van der Waals surface area contributed by atoms with Gasteiger partial charge < -0.3 is 25.2 Å². The lowest BCUT2D eigenvalue weighted by Gasteiger charge is -2.36. The molecule has 2 fully saturated rings. The zero-order chi connectivity index (χ0) is 24.3. The SMILES string of the molecule is C[C@H]1COCCN1c1ccc(N2CCC[C@@H](NC(=O)Nc3ccc(C(F)(F)F)cc3)C2=O)cc1. The van der Waals surface area contributed by atoms with Crippen molar-refractivity contribution >= 4 is 29.0 Å². The minimum absolute atomic E-state index is 0.207. The Labute approximate surface area is 195 Å². The van der Waals surface area contributed by atoms with Crippen LogP contribution in [-0.2, 0) is 15.7 Å². The first-order chi connectivity index (χ1) is 16.2. The normalized spacial score (nSPS) is 21.4. The van der Waals surface area contributed by atoms with Gasteiger partial charge in [-0.05, 0) is 68.3 Å². The number of piperidine rings is 1. The number of anilines is 3. The number of benzene rings is 2. The van der Waals surface area contributed by atoms with Gasteiger partial charge in [0.2, 0.25) is 5.91 Å². The average Bonchev–Trinajstić information content (AvgIpc) is 2.81. The molecule has 0 saturated carbocycles. The minimum Gasteiger partial charge on any atom is -0.377 e. The molecule has 3 amide bonds. The van der Waals surface area contributed by atoms with E-state index in [1.807, 2.05) is 24.3 Å². The molecular weight excluding hydrogens is 449 g/mol. The number of nitrogens with zero attached hydrogens (tertiary/aromatic N) is 2. The predicted molar refractivity (Wildman–Crippen MR) is 123 cm³/mol. The van der Waals surface area contributed by atoms with Crippen LogP contribution in [0.4, 0.5) is 35.0 Å². The van der Waals surface area contributed by atoms with Crippen LogP contribution < -0.4 is 20.4 Å². The molecule has 0 aliphatic carbocycles. The molecule has 7 nitrogen and oxygen atoms in total. The maximum Gasteiger partial charge on any atom is 0.416 e. The number of urea groups is 1. The summed E-state index contributed by atoms with van der Waals surface area (Å²) in [6.07, 6.45) is -3.25. The van der Waals surface area contributed by atoms with E-state index < -0.39 is 23.8 Å². The number of carbonyl (C=O) groups is 2. The van der Waals surface area contributed by atoms with E-state index in [2.05, 4.69) is 22.5 Å². The largest absolute Gasteiger partial charge is 0.416 e. The molecule has 2 aliphatic heterocycles. The molecule has 0 unspecified atom stereocenters. The summed E-state index contributed by atoms with van der Waals surface area (Å²) in [4.78, 5) is 29.3. The van der Waals surface area contributed by atoms with Crippen LogP contribution in [0, 0.1) is 0 Å². The van der Waals surface area contributed by atoms with Crippen molar-refractivity contribution in [1.29, 1.82) is 0 Å². The number of ether oxygens (including phenoxy) is 1. The summed E-state index contributed by atoms with van der Waals surface area (Å²) in [5, 5.41) is 5.13. The molecule has 2 aromatic rings. The monoisotopic (exact) mass is 476 g/mol. The quantitative estimate of drug-likeness (QED) is 0.692. The van der Waals surface area contributed by atoms with Gasteiger partial charge in [0.05, 0.1) is 18.8 Å². The van der Waals surface area contributed by atoms with Gasteiger partial charge in [0, 0.05) is 36.2 Å². The van der Waals surface area contributed by atoms with Crippen LogP contribution in [0.15, 0.2) is 48.5 Å². The van der Waals surface area contributed by atoms with Crippen LogP contribution in [0.25, 0.3) is 0 Å². The van der Waals surface area contributed by atoms with Gasteiger partial charge in [-0.25, -0.2) is 4.79 Å². The molecule has 0 spiro atoms. The molecule has 0 radical (unpaired) electrons. The third-order valence-corrected chi connectivity index (χ3v) is 6.07. The number of hydrogen-bond donors (Lipinski definition) is 2. The second-order valence-electron chi connectivity index (χ2n) is 8.49. The molecule has 10 heteroatoms. The van der Waals surface area contributed by atoms with Crippen molar-refractivity contribution in [1.82, 2.24) is 5.32 Å². The Morgan fingerprint density at radius 1 is 1.03 bits per heavy atom. The van der Waals surface area contributed by atoms with Gasteiger partial charge in [0.15, 0.2) is 0 Å². The minimum atomic E-state index is -4.45. The highest BCUT2D eigenvalue weighted by atomic mass is 19.4. The van der Waals surface area contributed by atoms with Gasteiger partial charge in [0.1, 0.15) is 6.04 Å². The molecule has 0 bridgehead atoms. The van der Waals surface area contributed by atoms with E-state index >= 15 is 0 Å². The summed E-state index contributed by atoms with van der Waals surface area (Å²) in [6.45, 7) is 4.81. The van der Waals surface area contributed by atoms with Gasteiger partial charge in [-0.15, -0.1) is 0 Å². The first kappa shape index (κ1) is 23.9. The van der Waals surface area contributed by atoms with Crippen LogP contribution >= 0.6 is 0 Å². The molecule has 182 valence electrons. The second-order valence-corrected chi connectivity index (χ2v) is 8.49. The summed E-state index contributed by atoms with van der Waals surface area (Å²) < 4.78 is 43.6. The molecule has 2 heterocycles. The van der Waals surface area contributed by atoms with Crippen LogP contribution in [0.2, 0.25) is 0 Å². The summed E-state index contributed by atoms with van der Waals surface area (Å²) >= 11 is 0. The Balaban J connectivity index is 1.36. The molecule has 2 N–H and O–H groups in total. The Bertz CT molecular complexity index is 1010. The molecule has 2 saturated heterocycles. The number of halogens is 3. The van der Waals surface area contributed by atoms with Gasteiger partial charge >= 0.3 is 12.2 Å². The van der Waals surface area contributed by atoms with Crippen LogP contribution in [-0.4, -0.2) is 50.3 Å². The van der Waals surface area contributed by atoms with E-state index in [1.54, 1.807) is 4.90 Å². The first-order valence-electron chi connectivity index (χ1n) is 11.2. The molecule has 0 aromatic heterocycles. The zero-order valence-corrected chi connectivity index (χ0v) is 18.8. The number of hydrogen-bond acceptors (Lipinski definition) is 4. The van der Waals surface area contributed by atoms with Gasteiger partial charge in [0.25, 0.3) is 0 Å². The summed E-state index contributed by atoms with van der Waals surface area (Å²) in [7, 11) is 0. The lowest BCUT2D eigenvalue weighted by Crippen LogP contribution is -2.53. The third kappa shape index (κ3) is 5.44. The van der Waals surface area contributed by atoms with Crippen molar-refractivity contribution in [2.75, 3.05) is 41.4 Å². The number of morpholine rings is 1. The van der Waals surface area contributed by atoms with Crippen molar-refractivity contribution < 1.29 is 27.5 Å². The summed E-state index contributed by atoms with van der Waals surface area (Å²) in [6, 6.07) is 10.8. The smallest absolute Gasteiger partial charge is 0.377 e. The van der Waals surface area contributed by atoms with Crippen molar-refractivity contribution in [3.05, 3.63) is 54.1 Å². The highest BCUT2D eigenvalue weighted by molar-refractivity contribution is 6.01. The van der Waals surface area contributed by atoms with Crippen molar-refractivity contribution in [3.8, 4) is 0 Å². The maximum atomic E-state index is 13.0. The highest BCUT2D eigenvalue weighted by Crippen LogP contribution is 2.30. The standard InChI is InChI=1S/C24H27F3N4O3/c1-16-15-34-14-13-30(16)19-8-10-20(11-9-19)31-12-2-3-21(22(31)32)29-23(33)28-18-6-4-17(5-7-18)24(25,26)27/h4-11,16,21H,2-3,12-15H2,1H3,(H2,28,29,33)/t16-,21+/m0/s1. The maximum absolute atomic E-state index is 13.0. The molecular formula is C24H27F3N4O3. The van der Waals surface area contributed by atoms with Gasteiger partial charge in [-0.1, -0.05) is 0 Å². The number of rotatable bonds is 4.